The molecular formula is C15H14FN3O3S. The first-order valence-corrected chi connectivity index (χ1v) is 6.98. The van der Waals surface area contributed by atoms with Gasteiger partial charge in [-0.15, -0.1) is 0 Å². The minimum absolute atomic E-state index is 0.118. The second-order valence-electron chi connectivity index (χ2n) is 4.68. The van der Waals surface area contributed by atoms with Crippen LogP contribution in [0.25, 0.3) is 0 Å². The molecular weight excluding hydrogens is 321 g/mol. The second kappa shape index (κ2) is 7.01. The Morgan fingerprint density at radius 3 is 2.48 bits per heavy atom. The number of methoxy groups -OCH3 is 1. The molecule has 0 amide bonds. The van der Waals surface area contributed by atoms with E-state index in [9.17, 15) is 14.5 Å². The predicted octanol–water partition coefficient (Wildman–Crippen LogP) is 3.86. The molecule has 0 heterocycles. The zero-order valence-electron chi connectivity index (χ0n) is 12.4. The van der Waals surface area contributed by atoms with Gasteiger partial charge in [0.05, 0.1) is 12.0 Å². The molecule has 2 N–H and O–H groups in total. The monoisotopic (exact) mass is 335 g/mol. The first-order valence-electron chi connectivity index (χ1n) is 6.57. The van der Waals surface area contributed by atoms with Gasteiger partial charge in [0.15, 0.2) is 10.9 Å². The van der Waals surface area contributed by atoms with Gasteiger partial charge in [-0.3, -0.25) is 10.1 Å². The van der Waals surface area contributed by atoms with Gasteiger partial charge in [0.1, 0.15) is 5.82 Å². The number of rotatable bonds is 4. The van der Waals surface area contributed by atoms with Crippen molar-refractivity contribution < 1.29 is 14.1 Å². The summed E-state index contributed by atoms with van der Waals surface area (Å²) in [7, 11) is 1.36. The molecule has 6 nitrogen and oxygen atoms in total. The predicted molar refractivity (Wildman–Crippen MR) is 90.6 cm³/mol. The number of hydrogen-bond acceptors (Lipinski definition) is 4. The number of anilines is 2. The van der Waals surface area contributed by atoms with Crippen LogP contribution in [0, 0.1) is 22.9 Å². The van der Waals surface area contributed by atoms with Gasteiger partial charge in [-0.1, -0.05) is 0 Å². The molecule has 23 heavy (non-hydrogen) atoms. The third kappa shape index (κ3) is 4.13. The summed E-state index contributed by atoms with van der Waals surface area (Å²) in [6.45, 7) is 1.72. The zero-order valence-corrected chi connectivity index (χ0v) is 13.2. The van der Waals surface area contributed by atoms with E-state index < -0.39 is 4.92 Å². The molecule has 0 fully saturated rings. The number of nitrogens with one attached hydrogen (secondary N) is 2. The zero-order chi connectivity index (χ0) is 17.0. The van der Waals surface area contributed by atoms with Gasteiger partial charge >= 0.3 is 5.69 Å². The number of benzene rings is 2. The van der Waals surface area contributed by atoms with Crippen molar-refractivity contribution in [3.05, 3.63) is 57.9 Å². The number of nitro groups is 1. The van der Waals surface area contributed by atoms with E-state index in [1.807, 2.05) is 0 Å². The van der Waals surface area contributed by atoms with Gasteiger partial charge in [-0.05, 0) is 49.0 Å². The summed E-state index contributed by atoms with van der Waals surface area (Å²) in [5.41, 5.74) is 1.72. The van der Waals surface area contributed by atoms with Crippen molar-refractivity contribution in [1.82, 2.24) is 0 Å². The highest BCUT2D eigenvalue weighted by atomic mass is 32.1. The van der Waals surface area contributed by atoms with Crippen molar-refractivity contribution in [2.24, 2.45) is 0 Å². The van der Waals surface area contributed by atoms with Crippen LogP contribution < -0.4 is 15.4 Å². The van der Waals surface area contributed by atoms with Crippen molar-refractivity contribution in [3.8, 4) is 5.75 Å². The normalized spacial score (nSPS) is 10.0. The number of hydrogen-bond donors (Lipinski definition) is 2. The Labute approximate surface area is 137 Å². The Hall–Kier alpha value is -2.74. The summed E-state index contributed by atoms with van der Waals surface area (Å²) in [5, 5.41) is 17.1. The molecule has 2 rings (SSSR count). The maximum Gasteiger partial charge on any atom is 0.311 e. The molecule has 0 aliphatic rings. The molecule has 2 aromatic carbocycles. The molecule has 8 heteroatoms. The third-order valence-electron chi connectivity index (χ3n) is 3.07. The van der Waals surface area contributed by atoms with Crippen LogP contribution in [0.1, 0.15) is 5.56 Å². The molecule has 0 radical (unpaired) electrons. The first kappa shape index (κ1) is 16.6. The summed E-state index contributed by atoms with van der Waals surface area (Å²) >= 11 is 5.18. The van der Waals surface area contributed by atoms with Crippen molar-refractivity contribution in [1.29, 1.82) is 0 Å². The lowest BCUT2D eigenvalue weighted by atomic mass is 10.1. The minimum Gasteiger partial charge on any atom is -0.490 e. The lowest BCUT2D eigenvalue weighted by Gasteiger charge is -2.14. The van der Waals surface area contributed by atoms with Crippen LogP contribution in [0.2, 0.25) is 0 Å². The summed E-state index contributed by atoms with van der Waals surface area (Å²) in [6.07, 6.45) is 0. The Balaban J connectivity index is 2.17. The molecule has 0 aliphatic carbocycles. The average Bonchev–Trinajstić information content (AvgIpc) is 2.51. The van der Waals surface area contributed by atoms with Gasteiger partial charge < -0.3 is 15.4 Å². The number of thiocarbonyl (C=S) groups is 1. The van der Waals surface area contributed by atoms with Crippen LogP contribution in [0.15, 0.2) is 36.4 Å². The highest BCUT2D eigenvalue weighted by Crippen LogP contribution is 2.32. The SMILES string of the molecule is COc1cc(NC(=S)Nc2ccc(F)cc2)c(C)cc1[N+](=O)[O-]. The Morgan fingerprint density at radius 1 is 1.26 bits per heavy atom. The number of nitro benzene ring substituents is 1. The van der Waals surface area contributed by atoms with E-state index in [0.717, 1.165) is 0 Å². The number of aryl methyl sites for hydroxylation is 1. The lowest BCUT2D eigenvalue weighted by molar-refractivity contribution is -0.385. The molecule has 0 aromatic heterocycles. The molecule has 0 spiro atoms. The Kier molecular flexibility index (Phi) is 5.07. The van der Waals surface area contributed by atoms with Crippen LogP contribution >= 0.6 is 12.2 Å². The minimum atomic E-state index is -0.509. The van der Waals surface area contributed by atoms with E-state index in [-0.39, 0.29) is 22.4 Å². The van der Waals surface area contributed by atoms with E-state index in [1.54, 1.807) is 19.1 Å². The van der Waals surface area contributed by atoms with E-state index in [4.69, 9.17) is 17.0 Å². The molecule has 120 valence electrons. The van der Waals surface area contributed by atoms with Crippen LogP contribution in [0.5, 0.6) is 5.75 Å². The summed E-state index contributed by atoms with van der Waals surface area (Å²) in [6, 6.07) is 8.63. The maximum absolute atomic E-state index is 12.9. The van der Waals surface area contributed by atoms with Crippen LogP contribution in [-0.2, 0) is 0 Å². The topological polar surface area (TPSA) is 76.4 Å². The largest absolute Gasteiger partial charge is 0.490 e. The molecule has 0 saturated carbocycles. The van der Waals surface area contributed by atoms with Crippen molar-refractivity contribution in [2.75, 3.05) is 17.7 Å². The molecule has 2 aromatic rings. The highest BCUT2D eigenvalue weighted by molar-refractivity contribution is 7.80. The summed E-state index contributed by atoms with van der Waals surface area (Å²) in [5.74, 6) is -0.210. The lowest BCUT2D eigenvalue weighted by Crippen LogP contribution is -2.19. The number of nitrogens with zero attached hydrogens (tertiary/aromatic N) is 1. The summed E-state index contributed by atoms with van der Waals surface area (Å²) in [4.78, 5) is 10.5. The van der Waals surface area contributed by atoms with Crippen molar-refractivity contribution >= 4 is 34.4 Å². The van der Waals surface area contributed by atoms with Gasteiger partial charge in [-0.25, -0.2) is 4.39 Å². The fourth-order valence-electron chi connectivity index (χ4n) is 1.93. The fourth-order valence-corrected chi connectivity index (χ4v) is 2.16. The van der Waals surface area contributed by atoms with Crippen LogP contribution in [0.4, 0.5) is 21.5 Å². The van der Waals surface area contributed by atoms with Crippen molar-refractivity contribution in [3.63, 3.8) is 0 Å². The van der Waals surface area contributed by atoms with Crippen LogP contribution in [0.3, 0.4) is 0 Å². The molecule has 0 saturated heterocycles. The quantitative estimate of drug-likeness (QED) is 0.502. The van der Waals surface area contributed by atoms with E-state index in [1.165, 1.54) is 31.4 Å². The smallest absolute Gasteiger partial charge is 0.311 e. The van der Waals surface area contributed by atoms with Gasteiger partial charge in [0.2, 0.25) is 0 Å². The number of ether oxygens (including phenoxy) is 1. The summed E-state index contributed by atoms with van der Waals surface area (Å²) < 4.78 is 17.9. The third-order valence-corrected chi connectivity index (χ3v) is 3.28. The van der Waals surface area contributed by atoms with E-state index in [0.29, 0.717) is 16.9 Å². The molecule has 0 bridgehead atoms. The second-order valence-corrected chi connectivity index (χ2v) is 5.09. The Morgan fingerprint density at radius 2 is 1.91 bits per heavy atom. The van der Waals surface area contributed by atoms with Gasteiger partial charge in [0, 0.05) is 23.5 Å². The Bertz CT molecular complexity index is 750. The fraction of sp³-hybridized carbons (Fsp3) is 0.133. The van der Waals surface area contributed by atoms with Crippen LogP contribution in [-0.4, -0.2) is 17.1 Å². The highest BCUT2D eigenvalue weighted by Gasteiger charge is 2.17. The molecule has 0 aliphatic heterocycles. The average molecular weight is 335 g/mol. The number of halogens is 1. The first-order chi connectivity index (χ1) is 10.9. The van der Waals surface area contributed by atoms with E-state index in [2.05, 4.69) is 10.6 Å². The van der Waals surface area contributed by atoms with E-state index >= 15 is 0 Å². The maximum atomic E-state index is 12.9. The molecule has 0 unspecified atom stereocenters. The standard InChI is InChI=1S/C15H14FN3O3S/c1-9-7-13(19(20)21)14(22-2)8-12(9)18-15(23)17-11-5-3-10(16)4-6-11/h3-8H,1-2H3,(H2,17,18,23). The van der Waals surface area contributed by atoms with Crippen molar-refractivity contribution in [2.45, 2.75) is 6.92 Å². The van der Waals surface area contributed by atoms with Gasteiger partial charge in [-0.2, -0.15) is 0 Å². The van der Waals surface area contributed by atoms with Gasteiger partial charge in [0.25, 0.3) is 0 Å². The molecule has 0 atom stereocenters.